The fourth-order valence-electron chi connectivity index (χ4n) is 3.05. The van der Waals surface area contributed by atoms with Gasteiger partial charge in [-0.05, 0) is 61.1 Å². The van der Waals surface area contributed by atoms with E-state index in [0.717, 1.165) is 16.5 Å². The van der Waals surface area contributed by atoms with Crippen LogP contribution in [0.15, 0.2) is 42.5 Å². The van der Waals surface area contributed by atoms with Crippen LogP contribution in [0, 0.1) is 6.92 Å². The molecule has 0 aliphatic heterocycles. The topological polar surface area (TPSA) is 12.0 Å². The molecule has 1 fully saturated rings. The van der Waals surface area contributed by atoms with Crippen LogP contribution >= 0.6 is 11.6 Å². The summed E-state index contributed by atoms with van der Waals surface area (Å²) in [5, 5.41) is 4.26. The second-order valence-corrected chi connectivity index (χ2v) is 6.44. The number of nitrogens with one attached hydrogen (secondary N) is 1. The zero-order valence-corrected chi connectivity index (χ0v) is 13.5. The van der Waals surface area contributed by atoms with Crippen LogP contribution in [0.2, 0.25) is 5.02 Å². The van der Waals surface area contributed by atoms with Crippen LogP contribution in [-0.4, -0.2) is 7.05 Å². The maximum Gasteiger partial charge on any atom is 0.0574 e. The van der Waals surface area contributed by atoms with Gasteiger partial charge in [0.1, 0.15) is 0 Å². The molecular formula is C19H22ClN. The van der Waals surface area contributed by atoms with E-state index in [0.29, 0.717) is 0 Å². The molecule has 0 aromatic heterocycles. The minimum atomic E-state index is 0.197. The zero-order chi connectivity index (χ0) is 14.8. The largest absolute Gasteiger partial charge is 0.309 e. The maximum absolute atomic E-state index is 6.29. The Morgan fingerprint density at radius 1 is 1.10 bits per heavy atom. The van der Waals surface area contributed by atoms with Crippen molar-refractivity contribution in [3.8, 4) is 0 Å². The van der Waals surface area contributed by atoms with Gasteiger partial charge in [0.15, 0.2) is 0 Å². The molecule has 0 spiro atoms. The normalized spacial score (nSPS) is 16.5. The second-order valence-electron chi connectivity index (χ2n) is 6.03. The molecule has 0 amide bonds. The van der Waals surface area contributed by atoms with Crippen LogP contribution in [0.25, 0.3) is 0 Å². The van der Waals surface area contributed by atoms with Gasteiger partial charge in [-0.3, -0.25) is 0 Å². The average Bonchev–Trinajstić information content (AvgIpc) is 2.42. The molecular weight excluding hydrogens is 278 g/mol. The van der Waals surface area contributed by atoms with Crippen molar-refractivity contribution in [2.24, 2.45) is 0 Å². The van der Waals surface area contributed by atoms with E-state index < -0.39 is 0 Å². The van der Waals surface area contributed by atoms with E-state index in [1.807, 2.05) is 14.0 Å². The first-order chi connectivity index (χ1) is 10.2. The SMILES string of the molecule is CNC(c1cccc(C2CCC2)c1)c1ccc(C)c(Cl)c1. The summed E-state index contributed by atoms with van der Waals surface area (Å²) in [5.41, 5.74) is 5.15. The Labute approximate surface area is 132 Å². The van der Waals surface area contributed by atoms with E-state index in [1.54, 1.807) is 0 Å². The van der Waals surface area contributed by atoms with Crippen molar-refractivity contribution in [1.82, 2.24) is 5.32 Å². The molecule has 2 heteroatoms. The van der Waals surface area contributed by atoms with Crippen LogP contribution in [-0.2, 0) is 0 Å². The van der Waals surface area contributed by atoms with Crippen molar-refractivity contribution in [2.45, 2.75) is 38.1 Å². The van der Waals surface area contributed by atoms with Gasteiger partial charge in [0.2, 0.25) is 0 Å². The molecule has 0 radical (unpaired) electrons. The van der Waals surface area contributed by atoms with Gasteiger partial charge in [-0.2, -0.15) is 0 Å². The van der Waals surface area contributed by atoms with Crippen LogP contribution in [0.3, 0.4) is 0 Å². The highest BCUT2D eigenvalue weighted by Crippen LogP contribution is 2.37. The number of rotatable bonds is 4. The predicted molar refractivity (Wildman–Crippen MR) is 90.1 cm³/mol. The first-order valence-corrected chi connectivity index (χ1v) is 8.10. The lowest BCUT2D eigenvalue weighted by atomic mass is 9.79. The standard InChI is InChI=1S/C19H22ClN/c1-13-9-10-17(12-18(13)20)19(21-2)16-8-4-7-15(11-16)14-5-3-6-14/h4,7-12,14,19,21H,3,5-6H2,1-2H3. The van der Waals surface area contributed by atoms with Gasteiger partial charge < -0.3 is 5.32 Å². The molecule has 0 saturated heterocycles. The number of hydrogen-bond donors (Lipinski definition) is 1. The first kappa shape index (κ1) is 14.6. The summed E-state index contributed by atoms with van der Waals surface area (Å²) in [6, 6.07) is 15.5. The molecule has 1 atom stereocenters. The van der Waals surface area contributed by atoms with E-state index in [-0.39, 0.29) is 6.04 Å². The summed E-state index contributed by atoms with van der Waals surface area (Å²) < 4.78 is 0. The van der Waals surface area contributed by atoms with Crippen LogP contribution in [0.4, 0.5) is 0 Å². The van der Waals surface area contributed by atoms with Crippen molar-refractivity contribution in [2.75, 3.05) is 7.05 Å². The molecule has 21 heavy (non-hydrogen) atoms. The molecule has 1 aliphatic rings. The highest BCUT2D eigenvalue weighted by Gasteiger charge is 2.21. The monoisotopic (exact) mass is 299 g/mol. The lowest BCUT2D eigenvalue weighted by Gasteiger charge is -2.27. The lowest BCUT2D eigenvalue weighted by molar-refractivity contribution is 0.419. The van der Waals surface area contributed by atoms with Crippen molar-refractivity contribution >= 4 is 11.6 Å². The third-order valence-corrected chi connectivity index (χ3v) is 5.05. The molecule has 1 saturated carbocycles. The Kier molecular flexibility index (Phi) is 4.32. The summed E-state index contributed by atoms with van der Waals surface area (Å²) in [5.74, 6) is 0.768. The number of benzene rings is 2. The smallest absolute Gasteiger partial charge is 0.0574 e. The van der Waals surface area contributed by atoms with Crippen LogP contribution in [0.5, 0.6) is 0 Å². The summed E-state index contributed by atoms with van der Waals surface area (Å²) in [6.07, 6.45) is 4.05. The van der Waals surface area contributed by atoms with Gasteiger partial charge in [0, 0.05) is 5.02 Å². The highest BCUT2D eigenvalue weighted by molar-refractivity contribution is 6.31. The summed E-state index contributed by atoms with van der Waals surface area (Å²) in [4.78, 5) is 0. The van der Waals surface area contributed by atoms with E-state index in [4.69, 9.17) is 11.6 Å². The number of aryl methyl sites for hydroxylation is 1. The molecule has 0 heterocycles. The molecule has 1 unspecified atom stereocenters. The Morgan fingerprint density at radius 2 is 1.86 bits per heavy atom. The number of halogens is 1. The second kappa shape index (κ2) is 6.21. The Bertz CT molecular complexity index is 631. The van der Waals surface area contributed by atoms with E-state index >= 15 is 0 Å². The third-order valence-electron chi connectivity index (χ3n) is 4.64. The first-order valence-electron chi connectivity index (χ1n) is 7.72. The van der Waals surface area contributed by atoms with E-state index in [1.165, 1.54) is 36.0 Å². The minimum absolute atomic E-state index is 0.197. The van der Waals surface area contributed by atoms with Gasteiger partial charge in [-0.15, -0.1) is 0 Å². The predicted octanol–water partition coefficient (Wildman–Crippen LogP) is 5.22. The van der Waals surface area contributed by atoms with Gasteiger partial charge in [-0.25, -0.2) is 0 Å². The highest BCUT2D eigenvalue weighted by atomic mass is 35.5. The molecule has 2 aromatic carbocycles. The van der Waals surface area contributed by atoms with Gasteiger partial charge in [0.25, 0.3) is 0 Å². The minimum Gasteiger partial charge on any atom is -0.309 e. The molecule has 1 N–H and O–H groups in total. The Balaban J connectivity index is 1.93. The van der Waals surface area contributed by atoms with Gasteiger partial charge >= 0.3 is 0 Å². The quantitative estimate of drug-likeness (QED) is 0.815. The van der Waals surface area contributed by atoms with E-state index in [2.05, 4.69) is 47.8 Å². The van der Waals surface area contributed by atoms with Crippen molar-refractivity contribution in [3.05, 3.63) is 69.7 Å². The molecule has 2 aromatic rings. The van der Waals surface area contributed by atoms with Crippen molar-refractivity contribution < 1.29 is 0 Å². The Hall–Kier alpha value is -1.31. The molecule has 110 valence electrons. The zero-order valence-electron chi connectivity index (χ0n) is 12.7. The maximum atomic E-state index is 6.29. The summed E-state index contributed by atoms with van der Waals surface area (Å²) in [7, 11) is 2.01. The fourth-order valence-corrected chi connectivity index (χ4v) is 3.24. The molecule has 1 nitrogen and oxygen atoms in total. The van der Waals surface area contributed by atoms with Crippen LogP contribution in [0.1, 0.15) is 53.5 Å². The molecule has 0 bridgehead atoms. The van der Waals surface area contributed by atoms with Gasteiger partial charge in [0.05, 0.1) is 6.04 Å². The number of hydrogen-bond acceptors (Lipinski definition) is 1. The molecule has 1 aliphatic carbocycles. The Morgan fingerprint density at radius 3 is 2.48 bits per heavy atom. The third kappa shape index (κ3) is 3.00. The average molecular weight is 300 g/mol. The summed E-state index contributed by atoms with van der Waals surface area (Å²) >= 11 is 6.29. The summed E-state index contributed by atoms with van der Waals surface area (Å²) in [6.45, 7) is 2.04. The van der Waals surface area contributed by atoms with Crippen molar-refractivity contribution in [1.29, 1.82) is 0 Å². The molecule has 3 rings (SSSR count). The fraction of sp³-hybridized carbons (Fsp3) is 0.368. The van der Waals surface area contributed by atoms with E-state index in [9.17, 15) is 0 Å². The van der Waals surface area contributed by atoms with Crippen LogP contribution < -0.4 is 5.32 Å². The van der Waals surface area contributed by atoms with Gasteiger partial charge in [-0.1, -0.05) is 54.4 Å². The van der Waals surface area contributed by atoms with Crippen molar-refractivity contribution in [3.63, 3.8) is 0 Å². The lowest BCUT2D eigenvalue weighted by Crippen LogP contribution is -2.18.